The van der Waals surface area contributed by atoms with Crippen LogP contribution in [-0.2, 0) is 16.0 Å². The summed E-state index contributed by atoms with van der Waals surface area (Å²) >= 11 is 11.7. The monoisotopic (exact) mass is 389 g/mol. The van der Waals surface area contributed by atoms with Crippen LogP contribution in [0.5, 0.6) is 0 Å². The number of benzene rings is 2. The van der Waals surface area contributed by atoms with Gasteiger partial charge in [0.25, 0.3) is 5.91 Å². The second-order valence-electron chi connectivity index (χ2n) is 5.86. The number of nitrogens with zero attached hydrogens (tertiary/aromatic N) is 2. The van der Waals surface area contributed by atoms with Crippen molar-refractivity contribution in [2.24, 2.45) is 5.10 Å². The third-order valence-corrected chi connectivity index (χ3v) is 4.48. The van der Waals surface area contributed by atoms with E-state index in [9.17, 15) is 9.59 Å². The minimum Gasteiger partial charge on any atom is -0.351 e. The molecule has 0 saturated carbocycles. The Morgan fingerprint density at radius 1 is 1.00 bits per heavy atom. The molecule has 7 heteroatoms. The van der Waals surface area contributed by atoms with Crippen LogP contribution in [0.1, 0.15) is 18.4 Å². The van der Waals surface area contributed by atoms with E-state index >= 15 is 0 Å². The number of halogens is 2. The van der Waals surface area contributed by atoms with Crippen LogP contribution in [0.3, 0.4) is 0 Å². The summed E-state index contributed by atoms with van der Waals surface area (Å²) in [7, 11) is 0. The first-order valence-electron chi connectivity index (χ1n) is 8.21. The number of nitrogens with one attached hydrogen (secondary N) is 1. The number of hydrazone groups is 1. The van der Waals surface area contributed by atoms with Crippen molar-refractivity contribution in [1.82, 2.24) is 5.32 Å². The Kier molecular flexibility index (Phi) is 5.91. The summed E-state index contributed by atoms with van der Waals surface area (Å²) in [5.74, 6) is -0.407. The summed E-state index contributed by atoms with van der Waals surface area (Å²) in [6.07, 6.45) is 1.26. The molecule has 0 aromatic heterocycles. The number of anilines is 1. The first-order valence-corrected chi connectivity index (χ1v) is 8.97. The molecule has 5 nitrogen and oxygen atoms in total. The van der Waals surface area contributed by atoms with Crippen molar-refractivity contribution in [2.75, 3.05) is 11.6 Å². The van der Waals surface area contributed by atoms with Crippen LogP contribution >= 0.6 is 23.2 Å². The fourth-order valence-electron chi connectivity index (χ4n) is 2.57. The minimum absolute atomic E-state index is 0.148. The second-order valence-corrected chi connectivity index (χ2v) is 6.73. The predicted octanol–water partition coefficient (Wildman–Crippen LogP) is 3.84. The van der Waals surface area contributed by atoms with Crippen LogP contribution in [0.25, 0.3) is 0 Å². The van der Waals surface area contributed by atoms with Crippen molar-refractivity contribution in [3.8, 4) is 0 Å². The molecule has 1 heterocycles. The fourth-order valence-corrected chi connectivity index (χ4v) is 2.83. The number of amides is 2. The van der Waals surface area contributed by atoms with E-state index in [1.165, 1.54) is 5.01 Å². The summed E-state index contributed by atoms with van der Waals surface area (Å²) in [4.78, 5) is 24.5. The molecule has 0 saturated heterocycles. The van der Waals surface area contributed by atoms with Gasteiger partial charge in [-0.3, -0.25) is 9.59 Å². The average molecular weight is 390 g/mol. The quantitative estimate of drug-likeness (QED) is 0.844. The zero-order chi connectivity index (χ0) is 18.5. The summed E-state index contributed by atoms with van der Waals surface area (Å²) in [5, 5.41) is 9.59. The van der Waals surface area contributed by atoms with Gasteiger partial charge in [0, 0.05) is 29.4 Å². The summed E-state index contributed by atoms with van der Waals surface area (Å²) in [5.41, 5.74) is 2.01. The SMILES string of the molecule is O=C(NCCc1ccc(Cl)cc1)C1=NN(c2ccc(Cl)cc2)C(=O)CC1. The minimum atomic E-state index is -0.259. The van der Waals surface area contributed by atoms with E-state index in [0.29, 0.717) is 40.8 Å². The van der Waals surface area contributed by atoms with Crippen molar-refractivity contribution in [3.63, 3.8) is 0 Å². The molecular formula is C19H17Cl2N3O2. The molecule has 2 amide bonds. The molecule has 134 valence electrons. The van der Waals surface area contributed by atoms with Crippen LogP contribution in [0, 0.1) is 0 Å². The molecule has 2 aromatic carbocycles. The molecule has 0 aliphatic carbocycles. The number of carbonyl (C=O) groups is 2. The van der Waals surface area contributed by atoms with Gasteiger partial charge in [-0.15, -0.1) is 0 Å². The lowest BCUT2D eigenvalue weighted by molar-refractivity contribution is -0.118. The Hall–Kier alpha value is -2.37. The van der Waals surface area contributed by atoms with Crippen LogP contribution in [-0.4, -0.2) is 24.1 Å². The molecule has 0 unspecified atom stereocenters. The predicted molar refractivity (Wildman–Crippen MR) is 104 cm³/mol. The van der Waals surface area contributed by atoms with Crippen LogP contribution < -0.4 is 10.3 Å². The van der Waals surface area contributed by atoms with Crippen LogP contribution in [0.4, 0.5) is 5.69 Å². The first-order chi connectivity index (χ1) is 12.5. The van der Waals surface area contributed by atoms with Gasteiger partial charge in [-0.1, -0.05) is 35.3 Å². The maximum absolute atomic E-state index is 12.4. The van der Waals surface area contributed by atoms with Crippen molar-refractivity contribution >= 4 is 46.4 Å². The lowest BCUT2D eigenvalue weighted by Gasteiger charge is -2.23. The van der Waals surface area contributed by atoms with Gasteiger partial charge >= 0.3 is 0 Å². The summed E-state index contributed by atoms with van der Waals surface area (Å²) in [6.45, 7) is 0.481. The van der Waals surface area contributed by atoms with Crippen LogP contribution in [0.2, 0.25) is 10.0 Å². The zero-order valence-electron chi connectivity index (χ0n) is 13.9. The van der Waals surface area contributed by atoms with E-state index < -0.39 is 0 Å². The van der Waals surface area contributed by atoms with Crippen molar-refractivity contribution in [1.29, 1.82) is 0 Å². The molecule has 0 spiro atoms. The molecule has 3 rings (SSSR count). The molecule has 0 radical (unpaired) electrons. The van der Waals surface area contributed by atoms with Gasteiger partial charge in [0.2, 0.25) is 5.91 Å². The number of carbonyl (C=O) groups excluding carboxylic acids is 2. The van der Waals surface area contributed by atoms with E-state index in [0.717, 1.165) is 5.56 Å². The van der Waals surface area contributed by atoms with Gasteiger partial charge in [-0.2, -0.15) is 5.10 Å². The number of rotatable bonds is 5. The second kappa shape index (κ2) is 8.34. The maximum atomic E-state index is 12.4. The Morgan fingerprint density at radius 2 is 1.62 bits per heavy atom. The van der Waals surface area contributed by atoms with Gasteiger partial charge in [-0.25, -0.2) is 5.01 Å². The Balaban J connectivity index is 1.62. The van der Waals surface area contributed by atoms with Gasteiger partial charge in [-0.05, 0) is 48.4 Å². The lowest BCUT2D eigenvalue weighted by Crippen LogP contribution is -2.39. The van der Waals surface area contributed by atoms with Crippen LogP contribution in [0.15, 0.2) is 53.6 Å². The van der Waals surface area contributed by atoms with E-state index in [1.807, 2.05) is 24.3 Å². The third-order valence-electron chi connectivity index (χ3n) is 3.98. The highest BCUT2D eigenvalue weighted by Gasteiger charge is 2.25. The smallest absolute Gasteiger partial charge is 0.267 e. The zero-order valence-corrected chi connectivity index (χ0v) is 15.4. The normalized spacial score (nSPS) is 14.2. The largest absolute Gasteiger partial charge is 0.351 e. The Bertz CT molecular complexity index is 833. The third kappa shape index (κ3) is 4.62. The van der Waals surface area contributed by atoms with E-state index in [1.54, 1.807) is 24.3 Å². The lowest BCUT2D eigenvalue weighted by atomic mass is 10.1. The highest BCUT2D eigenvalue weighted by Crippen LogP contribution is 2.22. The van der Waals surface area contributed by atoms with E-state index in [4.69, 9.17) is 23.2 Å². The molecule has 1 N–H and O–H groups in total. The van der Waals surface area contributed by atoms with Crippen molar-refractivity contribution in [2.45, 2.75) is 19.3 Å². The highest BCUT2D eigenvalue weighted by molar-refractivity contribution is 6.40. The van der Waals surface area contributed by atoms with Gasteiger partial charge in [0.05, 0.1) is 5.69 Å². The van der Waals surface area contributed by atoms with Crippen molar-refractivity contribution in [3.05, 3.63) is 64.1 Å². The molecular weight excluding hydrogens is 373 g/mol. The molecule has 26 heavy (non-hydrogen) atoms. The molecule has 0 fully saturated rings. The first kappa shape index (κ1) is 18.4. The topological polar surface area (TPSA) is 61.8 Å². The molecule has 1 aliphatic rings. The molecule has 2 aromatic rings. The van der Waals surface area contributed by atoms with Crippen molar-refractivity contribution < 1.29 is 9.59 Å². The summed E-state index contributed by atoms with van der Waals surface area (Å²) in [6, 6.07) is 14.2. The molecule has 0 atom stereocenters. The standard InChI is InChI=1S/C19H17Cl2N3O2/c20-14-3-1-13(2-4-14)11-12-22-19(26)17-9-10-18(25)24(23-17)16-7-5-15(21)6-8-16/h1-8H,9-12H2,(H,22,26). The van der Waals surface area contributed by atoms with E-state index in [2.05, 4.69) is 10.4 Å². The molecule has 0 bridgehead atoms. The average Bonchev–Trinajstić information content (AvgIpc) is 2.64. The van der Waals surface area contributed by atoms with Gasteiger partial charge < -0.3 is 5.32 Å². The number of hydrogen-bond acceptors (Lipinski definition) is 3. The fraction of sp³-hybridized carbons (Fsp3) is 0.211. The highest BCUT2D eigenvalue weighted by atomic mass is 35.5. The summed E-state index contributed by atoms with van der Waals surface area (Å²) < 4.78 is 0. The Labute approximate surface area is 161 Å². The Morgan fingerprint density at radius 3 is 2.27 bits per heavy atom. The maximum Gasteiger partial charge on any atom is 0.267 e. The molecule has 1 aliphatic heterocycles. The van der Waals surface area contributed by atoms with Gasteiger partial charge in [0.15, 0.2) is 0 Å². The number of hydrogen-bond donors (Lipinski definition) is 1. The van der Waals surface area contributed by atoms with E-state index in [-0.39, 0.29) is 18.2 Å². The van der Waals surface area contributed by atoms with Gasteiger partial charge in [0.1, 0.15) is 5.71 Å².